The highest BCUT2D eigenvalue weighted by atomic mass is 14.9. The highest BCUT2D eigenvalue weighted by Crippen LogP contribution is 2.33. The zero-order valence-corrected chi connectivity index (χ0v) is 12.5. The van der Waals surface area contributed by atoms with Crippen LogP contribution >= 0.6 is 0 Å². The molecule has 0 radical (unpaired) electrons. The summed E-state index contributed by atoms with van der Waals surface area (Å²) in [6, 6.07) is 19.4. The standard InChI is InChI=1S/C19H20N2/c1-14(15-7-4-3-5-8-15)19(20-2)17-10-6-9-16-11-12-21-13-18(16)17/h3-14,19-20H,1-2H3. The van der Waals surface area contributed by atoms with Crippen molar-refractivity contribution >= 4 is 10.8 Å². The Morgan fingerprint density at radius 3 is 2.52 bits per heavy atom. The number of aromatic nitrogens is 1. The fourth-order valence-corrected chi connectivity index (χ4v) is 3.03. The van der Waals surface area contributed by atoms with Gasteiger partial charge < -0.3 is 5.32 Å². The van der Waals surface area contributed by atoms with Crippen LogP contribution < -0.4 is 5.32 Å². The predicted octanol–water partition coefficient (Wildman–Crippen LogP) is 4.30. The zero-order chi connectivity index (χ0) is 14.7. The van der Waals surface area contributed by atoms with Crippen LogP contribution in [-0.4, -0.2) is 12.0 Å². The van der Waals surface area contributed by atoms with Crippen molar-refractivity contribution in [2.45, 2.75) is 18.9 Å². The summed E-state index contributed by atoms with van der Waals surface area (Å²) in [5.74, 6) is 0.391. The molecule has 0 amide bonds. The molecular formula is C19H20N2. The molecule has 1 N–H and O–H groups in total. The first-order chi connectivity index (χ1) is 10.3. The fourth-order valence-electron chi connectivity index (χ4n) is 3.03. The Labute approximate surface area is 125 Å². The van der Waals surface area contributed by atoms with Crippen LogP contribution in [0.4, 0.5) is 0 Å². The lowest BCUT2D eigenvalue weighted by Crippen LogP contribution is -2.22. The lowest BCUT2D eigenvalue weighted by atomic mass is 9.87. The van der Waals surface area contributed by atoms with Gasteiger partial charge in [-0.1, -0.05) is 55.5 Å². The monoisotopic (exact) mass is 276 g/mol. The van der Waals surface area contributed by atoms with Gasteiger partial charge in [-0.2, -0.15) is 0 Å². The van der Waals surface area contributed by atoms with Crippen LogP contribution in [0.15, 0.2) is 67.0 Å². The van der Waals surface area contributed by atoms with E-state index in [0.717, 1.165) is 0 Å². The Bertz CT molecular complexity index is 716. The fraction of sp³-hybridized carbons (Fsp3) is 0.211. The molecule has 2 nitrogen and oxygen atoms in total. The molecule has 0 aliphatic carbocycles. The van der Waals surface area contributed by atoms with E-state index in [1.807, 2.05) is 19.4 Å². The van der Waals surface area contributed by atoms with Crippen LogP contribution in [0.25, 0.3) is 10.8 Å². The number of hydrogen-bond donors (Lipinski definition) is 1. The second-order valence-electron chi connectivity index (χ2n) is 5.41. The largest absolute Gasteiger partial charge is 0.312 e. The summed E-state index contributed by atoms with van der Waals surface area (Å²) in [6.07, 6.45) is 3.81. The minimum absolute atomic E-state index is 0.264. The first kappa shape index (κ1) is 13.8. The van der Waals surface area contributed by atoms with Crippen molar-refractivity contribution in [3.63, 3.8) is 0 Å². The summed E-state index contributed by atoms with van der Waals surface area (Å²) in [5.41, 5.74) is 2.65. The Morgan fingerprint density at radius 2 is 1.76 bits per heavy atom. The Kier molecular flexibility index (Phi) is 3.98. The summed E-state index contributed by atoms with van der Waals surface area (Å²) < 4.78 is 0. The third kappa shape index (κ3) is 2.67. The Balaban J connectivity index is 2.06. The number of likely N-dealkylation sites (N-methyl/N-ethyl adjacent to an activating group) is 1. The summed E-state index contributed by atoms with van der Waals surface area (Å²) in [7, 11) is 2.03. The van der Waals surface area contributed by atoms with Crippen molar-refractivity contribution in [3.8, 4) is 0 Å². The van der Waals surface area contributed by atoms with Crippen LogP contribution in [0.5, 0.6) is 0 Å². The van der Waals surface area contributed by atoms with Gasteiger partial charge >= 0.3 is 0 Å². The van der Waals surface area contributed by atoms with E-state index in [0.29, 0.717) is 5.92 Å². The molecule has 0 saturated heterocycles. The average Bonchev–Trinajstić information content (AvgIpc) is 2.56. The molecule has 106 valence electrons. The number of rotatable bonds is 4. The van der Waals surface area contributed by atoms with Crippen molar-refractivity contribution in [2.75, 3.05) is 7.05 Å². The van der Waals surface area contributed by atoms with Crippen LogP contribution in [0.1, 0.15) is 30.0 Å². The number of hydrogen-bond acceptors (Lipinski definition) is 2. The van der Waals surface area contributed by atoms with E-state index in [1.54, 1.807) is 0 Å². The second kappa shape index (κ2) is 6.06. The van der Waals surface area contributed by atoms with Gasteiger partial charge in [0.15, 0.2) is 0 Å². The van der Waals surface area contributed by atoms with Gasteiger partial charge in [0.05, 0.1) is 0 Å². The minimum atomic E-state index is 0.264. The van der Waals surface area contributed by atoms with E-state index in [4.69, 9.17) is 0 Å². The van der Waals surface area contributed by atoms with Gasteiger partial charge in [-0.25, -0.2) is 0 Å². The van der Waals surface area contributed by atoms with Crippen LogP contribution in [-0.2, 0) is 0 Å². The van der Waals surface area contributed by atoms with Gasteiger partial charge in [0.1, 0.15) is 0 Å². The number of pyridine rings is 1. The predicted molar refractivity (Wildman–Crippen MR) is 88.4 cm³/mol. The Hall–Kier alpha value is -2.19. The minimum Gasteiger partial charge on any atom is -0.312 e. The number of nitrogens with one attached hydrogen (secondary N) is 1. The summed E-state index contributed by atoms with van der Waals surface area (Å²) >= 11 is 0. The van der Waals surface area contributed by atoms with E-state index in [1.165, 1.54) is 21.9 Å². The molecule has 3 aromatic rings. The van der Waals surface area contributed by atoms with E-state index >= 15 is 0 Å². The van der Waals surface area contributed by atoms with Crippen molar-refractivity contribution in [1.82, 2.24) is 10.3 Å². The molecule has 0 aliphatic heterocycles. The zero-order valence-electron chi connectivity index (χ0n) is 12.5. The molecule has 1 heterocycles. The molecular weight excluding hydrogens is 256 g/mol. The molecule has 0 bridgehead atoms. The normalized spacial score (nSPS) is 14.0. The lowest BCUT2D eigenvalue weighted by Gasteiger charge is -2.25. The molecule has 0 aliphatic rings. The van der Waals surface area contributed by atoms with Gasteiger partial charge in [0.25, 0.3) is 0 Å². The first-order valence-corrected chi connectivity index (χ1v) is 7.36. The molecule has 0 spiro atoms. The molecule has 2 atom stereocenters. The molecule has 21 heavy (non-hydrogen) atoms. The van der Waals surface area contributed by atoms with Crippen molar-refractivity contribution in [3.05, 3.63) is 78.1 Å². The number of benzene rings is 2. The van der Waals surface area contributed by atoms with Gasteiger partial charge in [-0.05, 0) is 29.6 Å². The quantitative estimate of drug-likeness (QED) is 0.768. The summed E-state index contributed by atoms with van der Waals surface area (Å²) in [6.45, 7) is 2.27. The maximum Gasteiger partial charge on any atom is 0.0391 e. The van der Waals surface area contributed by atoms with Gasteiger partial charge in [-0.3, -0.25) is 4.98 Å². The second-order valence-corrected chi connectivity index (χ2v) is 5.41. The van der Waals surface area contributed by atoms with Crippen LogP contribution in [0.2, 0.25) is 0 Å². The molecule has 0 saturated carbocycles. The maximum absolute atomic E-state index is 4.29. The average molecular weight is 276 g/mol. The summed E-state index contributed by atoms with van der Waals surface area (Å²) in [4.78, 5) is 4.29. The number of fused-ring (bicyclic) bond motifs is 1. The first-order valence-electron chi connectivity index (χ1n) is 7.36. The SMILES string of the molecule is CNC(c1cccc2ccncc12)C(C)c1ccccc1. The maximum atomic E-state index is 4.29. The van der Waals surface area contributed by atoms with E-state index in [9.17, 15) is 0 Å². The third-order valence-electron chi connectivity index (χ3n) is 4.19. The van der Waals surface area contributed by atoms with Crippen molar-refractivity contribution < 1.29 is 0 Å². The topological polar surface area (TPSA) is 24.9 Å². The highest BCUT2D eigenvalue weighted by Gasteiger charge is 2.20. The molecule has 2 unspecified atom stereocenters. The van der Waals surface area contributed by atoms with E-state index < -0.39 is 0 Å². The van der Waals surface area contributed by atoms with Gasteiger partial charge in [0, 0.05) is 29.7 Å². The van der Waals surface area contributed by atoms with Gasteiger partial charge in [0.2, 0.25) is 0 Å². The Morgan fingerprint density at radius 1 is 0.952 bits per heavy atom. The number of nitrogens with zero attached hydrogens (tertiary/aromatic N) is 1. The van der Waals surface area contributed by atoms with Gasteiger partial charge in [-0.15, -0.1) is 0 Å². The molecule has 1 aromatic heterocycles. The van der Waals surface area contributed by atoms with Crippen LogP contribution in [0.3, 0.4) is 0 Å². The third-order valence-corrected chi connectivity index (χ3v) is 4.19. The van der Waals surface area contributed by atoms with Crippen molar-refractivity contribution in [2.24, 2.45) is 0 Å². The molecule has 2 aromatic carbocycles. The molecule has 2 heteroatoms. The smallest absolute Gasteiger partial charge is 0.0391 e. The van der Waals surface area contributed by atoms with E-state index in [-0.39, 0.29) is 6.04 Å². The van der Waals surface area contributed by atoms with Crippen molar-refractivity contribution in [1.29, 1.82) is 0 Å². The molecule has 0 fully saturated rings. The highest BCUT2D eigenvalue weighted by molar-refractivity contribution is 5.85. The summed E-state index contributed by atoms with van der Waals surface area (Å²) in [5, 5.41) is 5.94. The van der Waals surface area contributed by atoms with E-state index in [2.05, 4.69) is 71.8 Å². The van der Waals surface area contributed by atoms with Crippen LogP contribution in [0, 0.1) is 0 Å². The lowest BCUT2D eigenvalue weighted by molar-refractivity contribution is 0.511. The molecule has 3 rings (SSSR count).